The number of nitrogens with one attached hydrogen (secondary N) is 1. The van der Waals surface area contributed by atoms with Gasteiger partial charge in [-0.25, -0.2) is 0 Å². The van der Waals surface area contributed by atoms with Crippen molar-refractivity contribution in [2.75, 3.05) is 13.1 Å². The molecule has 2 unspecified atom stereocenters. The van der Waals surface area contributed by atoms with E-state index in [2.05, 4.69) is 5.32 Å². The van der Waals surface area contributed by atoms with Crippen LogP contribution in [-0.2, 0) is 4.79 Å². The van der Waals surface area contributed by atoms with E-state index in [1.165, 1.54) is 0 Å². The van der Waals surface area contributed by atoms with E-state index in [1.807, 2.05) is 0 Å². The third-order valence-electron chi connectivity index (χ3n) is 2.05. The molecule has 0 spiro atoms. The number of aliphatic hydroxyl groups excluding tert-OH is 1. The maximum atomic E-state index is 10.8. The van der Waals surface area contributed by atoms with E-state index >= 15 is 0 Å². The summed E-state index contributed by atoms with van der Waals surface area (Å²) in [7, 11) is 0. The summed E-state index contributed by atoms with van der Waals surface area (Å²) < 4.78 is 0. The Balaban J connectivity index is 2.52. The third kappa shape index (κ3) is 2.17. The van der Waals surface area contributed by atoms with Crippen LogP contribution in [0.4, 0.5) is 0 Å². The average Bonchev–Trinajstić information content (AvgIpc) is 2.13. The number of rotatable bonds is 1. The molecule has 4 heteroatoms. The van der Waals surface area contributed by atoms with Gasteiger partial charge in [0.15, 0.2) is 0 Å². The third-order valence-corrected chi connectivity index (χ3v) is 2.05. The highest BCUT2D eigenvalue weighted by molar-refractivity contribution is 5.77. The van der Waals surface area contributed by atoms with Gasteiger partial charge in [0.25, 0.3) is 0 Å². The Labute approximate surface area is 65.8 Å². The van der Waals surface area contributed by atoms with Crippen LogP contribution in [0, 0.1) is 5.92 Å². The molecule has 64 valence electrons. The van der Waals surface area contributed by atoms with E-state index in [9.17, 15) is 9.90 Å². The van der Waals surface area contributed by atoms with E-state index in [0.717, 1.165) is 13.0 Å². The molecule has 1 rings (SSSR count). The zero-order chi connectivity index (χ0) is 8.27. The molecule has 1 amide bonds. The maximum absolute atomic E-state index is 10.8. The summed E-state index contributed by atoms with van der Waals surface area (Å²) in [6.07, 6.45) is 1.00. The molecule has 0 radical (unpaired) electrons. The minimum Gasteiger partial charge on any atom is -0.391 e. The smallest absolute Gasteiger partial charge is 0.223 e. The van der Waals surface area contributed by atoms with Gasteiger partial charge in [-0.15, -0.1) is 0 Å². The van der Waals surface area contributed by atoms with Gasteiger partial charge in [0, 0.05) is 6.54 Å². The summed E-state index contributed by atoms with van der Waals surface area (Å²) in [5.41, 5.74) is 5.10. The van der Waals surface area contributed by atoms with Crippen molar-refractivity contribution in [1.82, 2.24) is 5.32 Å². The van der Waals surface area contributed by atoms with Crippen LogP contribution in [0.1, 0.15) is 12.8 Å². The molecule has 0 aromatic rings. The molecule has 1 saturated heterocycles. The minimum absolute atomic E-state index is 0.356. The van der Waals surface area contributed by atoms with Gasteiger partial charge in [0.05, 0.1) is 12.0 Å². The molecule has 1 aliphatic rings. The van der Waals surface area contributed by atoms with Crippen molar-refractivity contribution in [2.24, 2.45) is 11.7 Å². The number of carbonyl (C=O) groups excluding carboxylic acids is 1. The summed E-state index contributed by atoms with van der Waals surface area (Å²) in [5.74, 6) is -0.744. The molecule has 4 N–H and O–H groups in total. The van der Waals surface area contributed by atoms with Gasteiger partial charge < -0.3 is 16.2 Å². The van der Waals surface area contributed by atoms with Crippen molar-refractivity contribution in [3.8, 4) is 0 Å². The van der Waals surface area contributed by atoms with Crippen LogP contribution in [0.5, 0.6) is 0 Å². The van der Waals surface area contributed by atoms with Gasteiger partial charge in [0.2, 0.25) is 5.91 Å². The van der Waals surface area contributed by atoms with Crippen molar-refractivity contribution in [1.29, 1.82) is 0 Å². The first kappa shape index (κ1) is 8.49. The summed E-state index contributed by atoms with van der Waals surface area (Å²) in [6, 6.07) is 0. The number of nitrogens with two attached hydrogens (primary N) is 1. The second kappa shape index (κ2) is 3.69. The fourth-order valence-electron chi connectivity index (χ4n) is 1.36. The molecule has 2 atom stereocenters. The van der Waals surface area contributed by atoms with Crippen LogP contribution in [0.15, 0.2) is 0 Å². The van der Waals surface area contributed by atoms with Crippen LogP contribution < -0.4 is 11.1 Å². The number of carbonyl (C=O) groups is 1. The standard InChI is InChI=1S/C7H14N2O2/c8-7(11)5-2-1-3-9-4-6(5)10/h5-6,9-10H,1-4H2,(H2,8,11). The predicted molar refractivity (Wildman–Crippen MR) is 40.8 cm³/mol. The number of hydrogen-bond donors (Lipinski definition) is 3. The zero-order valence-corrected chi connectivity index (χ0v) is 6.42. The van der Waals surface area contributed by atoms with Gasteiger partial charge in [-0.3, -0.25) is 4.79 Å². The number of aliphatic hydroxyl groups is 1. The summed E-state index contributed by atoms with van der Waals surface area (Å²) >= 11 is 0. The number of hydrogen-bond acceptors (Lipinski definition) is 3. The van der Waals surface area contributed by atoms with Crippen molar-refractivity contribution in [3.63, 3.8) is 0 Å². The second-order valence-electron chi connectivity index (χ2n) is 2.92. The lowest BCUT2D eigenvalue weighted by molar-refractivity contribution is -0.125. The Morgan fingerprint density at radius 2 is 2.36 bits per heavy atom. The first-order chi connectivity index (χ1) is 5.22. The van der Waals surface area contributed by atoms with Crippen molar-refractivity contribution >= 4 is 5.91 Å². The quantitative estimate of drug-likeness (QED) is 0.450. The largest absolute Gasteiger partial charge is 0.391 e. The molecule has 1 aliphatic heterocycles. The molecule has 0 aromatic carbocycles. The first-order valence-electron chi connectivity index (χ1n) is 3.90. The van der Waals surface area contributed by atoms with E-state index in [1.54, 1.807) is 0 Å². The van der Waals surface area contributed by atoms with Crippen LogP contribution in [0.25, 0.3) is 0 Å². The minimum atomic E-state index is -0.602. The van der Waals surface area contributed by atoms with E-state index in [4.69, 9.17) is 5.73 Å². The molecular weight excluding hydrogens is 144 g/mol. The highest BCUT2D eigenvalue weighted by Crippen LogP contribution is 2.12. The molecule has 11 heavy (non-hydrogen) atoms. The van der Waals surface area contributed by atoms with Crippen LogP contribution >= 0.6 is 0 Å². The lowest BCUT2D eigenvalue weighted by Crippen LogP contribution is -2.37. The van der Waals surface area contributed by atoms with Crippen LogP contribution in [0.3, 0.4) is 0 Å². The lowest BCUT2D eigenvalue weighted by Gasteiger charge is -2.15. The zero-order valence-electron chi connectivity index (χ0n) is 6.42. The second-order valence-corrected chi connectivity index (χ2v) is 2.92. The summed E-state index contributed by atoms with van der Waals surface area (Å²) in [5, 5.41) is 12.4. The Hall–Kier alpha value is -0.610. The van der Waals surface area contributed by atoms with E-state index < -0.39 is 6.10 Å². The fraction of sp³-hybridized carbons (Fsp3) is 0.857. The normalized spacial score (nSPS) is 32.8. The fourth-order valence-corrected chi connectivity index (χ4v) is 1.36. The van der Waals surface area contributed by atoms with Gasteiger partial charge >= 0.3 is 0 Å². The van der Waals surface area contributed by atoms with Gasteiger partial charge in [0.1, 0.15) is 0 Å². The molecule has 0 bridgehead atoms. The Kier molecular flexibility index (Phi) is 2.84. The van der Waals surface area contributed by atoms with Crippen LogP contribution in [-0.4, -0.2) is 30.2 Å². The summed E-state index contributed by atoms with van der Waals surface area (Å²) in [6.45, 7) is 1.34. The molecule has 0 aliphatic carbocycles. The topological polar surface area (TPSA) is 75.4 Å². The average molecular weight is 158 g/mol. The Bertz CT molecular complexity index is 149. The highest BCUT2D eigenvalue weighted by atomic mass is 16.3. The Morgan fingerprint density at radius 3 is 3.00 bits per heavy atom. The number of amides is 1. The monoisotopic (exact) mass is 158 g/mol. The van der Waals surface area contributed by atoms with Gasteiger partial charge in [-0.05, 0) is 19.4 Å². The molecule has 4 nitrogen and oxygen atoms in total. The molecule has 1 fully saturated rings. The molecule has 0 aromatic heterocycles. The van der Waals surface area contributed by atoms with Gasteiger partial charge in [-0.2, -0.15) is 0 Å². The van der Waals surface area contributed by atoms with E-state index in [-0.39, 0.29) is 11.8 Å². The first-order valence-corrected chi connectivity index (χ1v) is 3.90. The molecular formula is C7H14N2O2. The molecule has 0 saturated carbocycles. The van der Waals surface area contributed by atoms with Crippen LogP contribution in [0.2, 0.25) is 0 Å². The van der Waals surface area contributed by atoms with Crippen molar-refractivity contribution < 1.29 is 9.90 Å². The Morgan fingerprint density at radius 1 is 1.64 bits per heavy atom. The van der Waals surface area contributed by atoms with E-state index in [0.29, 0.717) is 13.0 Å². The number of β-amino-alcohol motifs (C(OH)–C–C–N with tert-alkyl or cyclic N) is 1. The van der Waals surface area contributed by atoms with Crippen molar-refractivity contribution in [2.45, 2.75) is 18.9 Å². The lowest BCUT2D eigenvalue weighted by atomic mass is 9.98. The summed E-state index contributed by atoms with van der Waals surface area (Å²) in [4.78, 5) is 10.8. The SMILES string of the molecule is NC(=O)C1CCCNCC1O. The number of primary amides is 1. The molecule has 1 heterocycles. The maximum Gasteiger partial charge on any atom is 0.223 e. The predicted octanol–water partition coefficient (Wildman–Crippen LogP) is -1.17. The van der Waals surface area contributed by atoms with Crippen molar-refractivity contribution in [3.05, 3.63) is 0 Å². The van der Waals surface area contributed by atoms with Gasteiger partial charge in [-0.1, -0.05) is 0 Å². The highest BCUT2D eigenvalue weighted by Gasteiger charge is 2.25.